The lowest BCUT2D eigenvalue weighted by molar-refractivity contribution is 0.102. The fraction of sp³-hybridized carbons (Fsp3) is 0.591. The molecule has 6 nitrogen and oxygen atoms in total. The number of benzene rings is 1. The number of thioether (sulfide) groups is 1. The Labute approximate surface area is 178 Å². The van der Waals surface area contributed by atoms with Crippen LogP contribution in [0.5, 0.6) is 0 Å². The minimum atomic E-state index is 0.146. The van der Waals surface area contributed by atoms with Crippen molar-refractivity contribution in [2.45, 2.75) is 58.2 Å². The highest BCUT2D eigenvalue weighted by molar-refractivity contribution is 7.99. The van der Waals surface area contributed by atoms with Gasteiger partial charge in [0, 0.05) is 25.2 Å². The van der Waals surface area contributed by atoms with Crippen molar-refractivity contribution in [3.05, 3.63) is 34.9 Å². The summed E-state index contributed by atoms with van der Waals surface area (Å²) in [6.07, 6.45) is 0. The van der Waals surface area contributed by atoms with Crippen LogP contribution in [0.2, 0.25) is 0 Å². The van der Waals surface area contributed by atoms with Gasteiger partial charge in [0.05, 0.1) is 19.0 Å². The summed E-state index contributed by atoms with van der Waals surface area (Å²) >= 11 is 1.47. The largest absolute Gasteiger partial charge is 0.378 e. The molecule has 158 valence electrons. The average molecular weight is 417 g/mol. The second-order valence-electron chi connectivity index (χ2n) is 7.99. The Morgan fingerprint density at radius 1 is 1.14 bits per heavy atom. The second-order valence-corrected chi connectivity index (χ2v) is 8.94. The van der Waals surface area contributed by atoms with Gasteiger partial charge in [-0.25, -0.2) is 0 Å². The lowest BCUT2D eigenvalue weighted by atomic mass is 9.90. The Morgan fingerprint density at radius 3 is 2.48 bits per heavy atom. The highest BCUT2D eigenvalue weighted by Crippen LogP contribution is 2.28. The Bertz CT molecular complexity index is 841. The number of rotatable bonds is 8. The number of morpholine rings is 1. The van der Waals surface area contributed by atoms with Crippen LogP contribution in [0.15, 0.2) is 23.4 Å². The van der Waals surface area contributed by atoms with E-state index in [1.807, 2.05) is 6.07 Å². The molecule has 0 spiro atoms. The third-order valence-electron chi connectivity index (χ3n) is 5.30. The SMILES string of the molecule is CCn1c(SCC(=O)c2ccc(C(C)C)cc2C(C)C)nnc1N1CCOCC1. The number of aromatic nitrogens is 3. The summed E-state index contributed by atoms with van der Waals surface area (Å²) < 4.78 is 7.53. The molecule has 1 fully saturated rings. The normalized spacial score (nSPS) is 14.8. The zero-order valence-electron chi connectivity index (χ0n) is 18.1. The number of carbonyl (C=O) groups excluding carboxylic acids is 1. The van der Waals surface area contributed by atoms with Crippen LogP contribution < -0.4 is 4.90 Å². The molecule has 3 rings (SSSR count). The van der Waals surface area contributed by atoms with E-state index < -0.39 is 0 Å². The highest BCUT2D eigenvalue weighted by Gasteiger charge is 2.21. The van der Waals surface area contributed by atoms with E-state index in [-0.39, 0.29) is 5.78 Å². The van der Waals surface area contributed by atoms with E-state index in [9.17, 15) is 4.79 Å². The molecular weight excluding hydrogens is 384 g/mol. The summed E-state index contributed by atoms with van der Waals surface area (Å²) in [5, 5.41) is 9.55. The molecule has 0 N–H and O–H groups in total. The average Bonchev–Trinajstić information content (AvgIpc) is 3.15. The number of anilines is 1. The maximum Gasteiger partial charge on any atom is 0.228 e. The number of hydrogen-bond donors (Lipinski definition) is 0. The van der Waals surface area contributed by atoms with Crippen molar-refractivity contribution in [3.8, 4) is 0 Å². The number of ether oxygens (including phenoxy) is 1. The molecule has 2 aromatic rings. The van der Waals surface area contributed by atoms with Crippen molar-refractivity contribution < 1.29 is 9.53 Å². The predicted molar refractivity (Wildman–Crippen MR) is 118 cm³/mol. The number of Topliss-reactive ketones (excluding diaryl/α,β-unsaturated/α-hetero) is 1. The summed E-state index contributed by atoms with van der Waals surface area (Å²) in [7, 11) is 0. The van der Waals surface area contributed by atoms with Gasteiger partial charge in [-0.3, -0.25) is 9.36 Å². The fourth-order valence-electron chi connectivity index (χ4n) is 3.54. The van der Waals surface area contributed by atoms with Crippen molar-refractivity contribution in [2.75, 3.05) is 37.0 Å². The second kappa shape index (κ2) is 9.76. The van der Waals surface area contributed by atoms with Crippen LogP contribution in [0, 0.1) is 0 Å². The number of ketones is 1. The van der Waals surface area contributed by atoms with Crippen molar-refractivity contribution >= 4 is 23.5 Å². The first-order chi connectivity index (χ1) is 13.9. The van der Waals surface area contributed by atoms with Gasteiger partial charge >= 0.3 is 0 Å². The van der Waals surface area contributed by atoms with Crippen LogP contribution in [-0.4, -0.2) is 52.6 Å². The molecule has 0 amide bonds. The molecule has 0 aliphatic carbocycles. The molecule has 1 aromatic carbocycles. The monoisotopic (exact) mass is 416 g/mol. The maximum atomic E-state index is 13.0. The van der Waals surface area contributed by atoms with Crippen LogP contribution in [0.1, 0.15) is 67.9 Å². The Balaban J connectivity index is 1.75. The zero-order valence-corrected chi connectivity index (χ0v) is 19.0. The van der Waals surface area contributed by atoms with E-state index >= 15 is 0 Å². The van der Waals surface area contributed by atoms with Crippen molar-refractivity contribution in [2.24, 2.45) is 0 Å². The van der Waals surface area contributed by atoms with Gasteiger partial charge in [0.1, 0.15) is 0 Å². The minimum Gasteiger partial charge on any atom is -0.378 e. The molecule has 0 saturated carbocycles. The number of carbonyl (C=O) groups is 1. The van der Waals surface area contributed by atoms with Crippen LogP contribution in [0.3, 0.4) is 0 Å². The lowest BCUT2D eigenvalue weighted by Crippen LogP contribution is -2.38. The standard InChI is InChI=1S/C22H32N4O2S/c1-6-26-21(25-9-11-28-12-10-25)23-24-22(26)29-14-20(27)18-8-7-17(15(2)3)13-19(18)16(4)5/h7-8,13,15-16H,6,9-12,14H2,1-5H3. The Morgan fingerprint density at radius 2 is 1.86 bits per heavy atom. The number of nitrogens with zero attached hydrogens (tertiary/aromatic N) is 4. The molecule has 2 heterocycles. The van der Waals surface area contributed by atoms with Gasteiger partial charge in [0.15, 0.2) is 10.9 Å². The summed E-state index contributed by atoms with van der Waals surface area (Å²) in [6.45, 7) is 14.6. The zero-order chi connectivity index (χ0) is 21.0. The van der Waals surface area contributed by atoms with E-state index in [0.717, 1.165) is 41.9 Å². The first-order valence-corrected chi connectivity index (χ1v) is 11.5. The van der Waals surface area contributed by atoms with Crippen molar-refractivity contribution in [1.29, 1.82) is 0 Å². The molecule has 1 aliphatic heterocycles. The summed E-state index contributed by atoms with van der Waals surface area (Å²) in [5.41, 5.74) is 3.24. The Kier molecular flexibility index (Phi) is 7.35. The predicted octanol–water partition coefficient (Wildman–Crippen LogP) is 4.36. The molecule has 0 atom stereocenters. The quantitative estimate of drug-likeness (QED) is 0.471. The number of hydrogen-bond acceptors (Lipinski definition) is 6. The molecule has 0 bridgehead atoms. The molecule has 1 aliphatic rings. The van der Waals surface area contributed by atoms with Gasteiger partial charge in [-0.15, -0.1) is 10.2 Å². The molecule has 1 saturated heterocycles. The molecule has 0 radical (unpaired) electrons. The topological polar surface area (TPSA) is 60.2 Å². The molecule has 7 heteroatoms. The van der Waals surface area contributed by atoms with Crippen LogP contribution in [0.25, 0.3) is 0 Å². The van der Waals surface area contributed by atoms with E-state index in [2.05, 4.69) is 66.4 Å². The van der Waals surface area contributed by atoms with E-state index in [1.54, 1.807) is 0 Å². The smallest absolute Gasteiger partial charge is 0.228 e. The molecule has 29 heavy (non-hydrogen) atoms. The summed E-state index contributed by atoms with van der Waals surface area (Å²) in [5.74, 6) is 2.14. The van der Waals surface area contributed by atoms with E-state index in [4.69, 9.17) is 4.74 Å². The minimum absolute atomic E-state index is 0.146. The first-order valence-electron chi connectivity index (χ1n) is 10.5. The first kappa shape index (κ1) is 21.8. The maximum absolute atomic E-state index is 13.0. The lowest BCUT2D eigenvalue weighted by Gasteiger charge is -2.27. The highest BCUT2D eigenvalue weighted by atomic mass is 32.2. The van der Waals surface area contributed by atoms with Crippen molar-refractivity contribution in [3.63, 3.8) is 0 Å². The fourth-order valence-corrected chi connectivity index (χ4v) is 4.42. The molecular formula is C22H32N4O2S. The van der Waals surface area contributed by atoms with Crippen LogP contribution >= 0.6 is 11.8 Å². The third-order valence-corrected chi connectivity index (χ3v) is 6.27. The van der Waals surface area contributed by atoms with Crippen LogP contribution in [0.4, 0.5) is 5.95 Å². The van der Waals surface area contributed by atoms with Gasteiger partial charge in [-0.2, -0.15) is 0 Å². The van der Waals surface area contributed by atoms with Gasteiger partial charge < -0.3 is 9.64 Å². The van der Waals surface area contributed by atoms with Crippen LogP contribution in [-0.2, 0) is 11.3 Å². The van der Waals surface area contributed by atoms with E-state index in [0.29, 0.717) is 30.8 Å². The summed E-state index contributed by atoms with van der Waals surface area (Å²) in [4.78, 5) is 15.2. The van der Waals surface area contributed by atoms with Gasteiger partial charge in [0.2, 0.25) is 5.95 Å². The third kappa shape index (κ3) is 5.01. The van der Waals surface area contributed by atoms with Gasteiger partial charge in [-0.05, 0) is 29.9 Å². The molecule has 1 aromatic heterocycles. The van der Waals surface area contributed by atoms with E-state index in [1.165, 1.54) is 17.3 Å². The summed E-state index contributed by atoms with van der Waals surface area (Å²) in [6, 6.07) is 6.27. The molecule has 0 unspecified atom stereocenters. The Hall–Kier alpha value is -1.86. The van der Waals surface area contributed by atoms with Crippen molar-refractivity contribution in [1.82, 2.24) is 14.8 Å². The van der Waals surface area contributed by atoms with Gasteiger partial charge in [0.25, 0.3) is 0 Å². The van der Waals surface area contributed by atoms with Gasteiger partial charge in [-0.1, -0.05) is 57.7 Å².